The molecule has 1 N–H and O–H groups in total. The molecule has 182 valence electrons. The van der Waals surface area contributed by atoms with Crippen LogP contribution >= 0.6 is 11.6 Å². The summed E-state index contributed by atoms with van der Waals surface area (Å²) in [5.41, 5.74) is 3.19. The number of benzene rings is 2. The van der Waals surface area contributed by atoms with Gasteiger partial charge in [-0.3, -0.25) is 9.36 Å². The van der Waals surface area contributed by atoms with Gasteiger partial charge in [0.05, 0.1) is 5.39 Å². The molecule has 3 heterocycles. The van der Waals surface area contributed by atoms with Gasteiger partial charge in [0, 0.05) is 54.6 Å². The smallest absolute Gasteiger partial charge is 0.253 e. The molecule has 2 aromatic heterocycles. The third-order valence-electron chi connectivity index (χ3n) is 6.60. The lowest BCUT2D eigenvalue weighted by Crippen LogP contribution is -2.43. The number of pyridine rings is 1. The Balaban J connectivity index is 1.29. The largest absolute Gasteiger partial charge is 0.341 e. The molecule has 0 unspecified atom stereocenters. The van der Waals surface area contributed by atoms with E-state index in [1.54, 1.807) is 29.9 Å². The minimum atomic E-state index is -0.149. The van der Waals surface area contributed by atoms with Crippen molar-refractivity contribution in [2.24, 2.45) is 7.05 Å². The minimum Gasteiger partial charge on any atom is -0.341 e. The third-order valence-corrected chi connectivity index (χ3v) is 6.83. The highest BCUT2D eigenvalue weighted by molar-refractivity contribution is 6.30. The van der Waals surface area contributed by atoms with Crippen molar-refractivity contribution in [3.05, 3.63) is 98.9 Å². The Morgan fingerprint density at radius 3 is 2.64 bits per heavy atom. The van der Waals surface area contributed by atoms with Crippen molar-refractivity contribution in [1.29, 1.82) is 0 Å². The molecule has 0 bridgehead atoms. The Morgan fingerprint density at radius 2 is 1.86 bits per heavy atom. The average molecular weight is 498 g/mol. The predicted octanol–water partition coefficient (Wildman–Crippen LogP) is 4.18. The standard InChI is InChI=1S/C29H28ClN5O/c1-34-27(36)19-23(11-10-22-8-5-9-24(30)18-22)26-20-32-29(33-28(26)34)35-16-13-25(14-17-35)31-15-12-21-6-3-2-4-7-21/h2-9,18-20,25,31H,12-17H2,1H3. The summed E-state index contributed by atoms with van der Waals surface area (Å²) in [4.78, 5) is 24.3. The summed E-state index contributed by atoms with van der Waals surface area (Å²) in [6.45, 7) is 2.72. The van der Waals surface area contributed by atoms with Crippen LogP contribution in [-0.4, -0.2) is 40.2 Å². The van der Waals surface area contributed by atoms with E-state index >= 15 is 0 Å². The molecular weight excluding hydrogens is 470 g/mol. The van der Waals surface area contributed by atoms with Crippen LogP contribution in [0.4, 0.5) is 5.95 Å². The predicted molar refractivity (Wildman–Crippen MR) is 146 cm³/mol. The summed E-state index contributed by atoms with van der Waals surface area (Å²) in [6, 6.07) is 19.9. The third kappa shape index (κ3) is 5.59. The summed E-state index contributed by atoms with van der Waals surface area (Å²) < 4.78 is 1.56. The van der Waals surface area contributed by atoms with Gasteiger partial charge in [-0.15, -0.1) is 0 Å². The van der Waals surface area contributed by atoms with Gasteiger partial charge in [-0.1, -0.05) is 59.8 Å². The zero-order chi connectivity index (χ0) is 24.9. The van der Waals surface area contributed by atoms with Crippen LogP contribution in [0.25, 0.3) is 11.0 Å². The highest BCUT2D eigenvalue weighted by atomic mass is 35.5. The zero-order valence-corrected chi connectivity index (χ0v) is 21.0. The number of halogens is 1. The quantitative estimate of drug-likeness (QED) is 0.419. The van der Waals surface area contributed by atoms with Crippen molar-refractivity contribution < 1.29 is 0 Å². The van der Waals surface area contributed by atoms with Crippen LogP contribution < -0.4 is 15.8 Å². The molecule has 36 heavy (non-hydrogen) atoms. The molecule has 4 aromatic rings. The van der Waals surface area contributed by atoms with E-state index in [-0.39, 0.29) is 5.56 Å². The number of hydrogen-bond donors (Lipinski definition) is 1. The molecule has 2 aromatic carbocycles. The van der Waals surface area contributed by atoms with Crippen LogP contribution in [0.2, 0.25) is 5.02 Å². The second-order valence-electron chi connectivity index (χ2n) is 9.07. The van der Waals surface area contributed by atoms with Crippen molar-refractivity contribution in [3.63, 3.8) is 0 Å². The van der Waals surface area contributed by atoms with E-state index < -0.39 is 0 Å². The first-order valence-corrected chi connectivity index (χ1v) is 12.6. The number of aromatic nitrogens is 3. The fourth-order valence-corrected chi connectivity index (χ4v) is 4.71. The number of anilines is 1. The second-order valence-corrected chi connectivity index (χ2v) is 9.51. The zero-order valence-electron chi connectivity index (χ0n) is 20.2. The van der Waals surface area contributed by atoms with Gasteiger partial charge in [-0.2, -0.15) is 4.98 Å². The van der Waals surface area contributed by atoms with Gasteiger partial charge in [0.25, 0.3) is 5.56 Å². The van der Waals surface area contributed by atoms with Crippen LogP contribution in [0.15, 0.2) is 71.7 Å². The Labute approximate surface area is 216 Å². The van der Waals surface area contributed by atoms with Gasteiger partial charge in [0.2, 0.25) is 5.95 Å². The van der Waals surface area contributed by atoms with Crippen LogP contribution in [0.5, 0.6) is 0 Å². The van der Waals surface area contributed by atoms with Crippen LogP contribution in [0.1, 0.15) is 29.5 Å². The van der Waals surface area contributed by atoms with Crippen molar-refractivity contribution in [1.82, 2.24) is 19.9 Å². The van der Waals surface area contributed by atoms with Gasteiger partial charge in [-0.25, -0.2) is 4.98 Å². The normalized spacial score (nSPS) is 14.0. The van der Waals surface area contributed by atoms with Crippen LogP contribution in [-0.2, 0) is 13.5 Å². The Hall–Kier alpha value is -3.66. The Morgan fingerprint density at radius 1 is 1.06 bits per heavy atom. The lowest BCUT2D eigenvalue weighted by molar-refractivity contribution is 0.415. The number of nitrogens with zero attached hydrogens (tertiary/aromatic N) is 4. The first-order chi connectivity index (χ1) is 17.6. The van der Waals surface area contributed by atoms with Gasteiger partial charge in [0.1, 0.15) is 5.65 Å². The Kier molecular flexibility index (Phi) is 7.31. The maximum absolute atomic E-state index is 12.6. The number of nitrogens with one attached hydrogen (secondary N) is 1. The number of rotatable bonds is 5. The lowest BCUT2D eigenvalue weighted by atomic mass is 10.0. The molecule has 0 radical (unpaired) electrons. The van der Waals surface area contributed by atoms with Crippen LogP contribution in [0, 0.1) is 11.8 Å². The Bertz CT molecular complexity index is 1480. The highest BCUT2D eigenvalue weighted by Crippen LogP contribution is 2.20. The fourth-order valence-electron chi connectivity index (χ4n) is 4.52. The van der Waals surface area contributed by atoms with E-state index in [9.17, 15) is 4.79 Å². The van der Waals surface area contributed by atoms with E-state index in [4.69, 9.17) is 16.6 Å². The van der Waals surface area contributed by atoms with Crippen molar-refractivity contribution in [3.8, 4) is 11.8 Å². The minimum absolute atomic E-state index is 0.149. The van der Waals surface area contributed by atoms with E-state index in [0.717, 1.165) is 49.8 Å². The molecule has 5 rings (SSSR count). The molecule has 1 aliphatic heterocycles. The van der Waals surface area contributed by atoms with Crippen LogP contribution in [0.3, 0.4) is 0 Å². The van der Waals surface area contributed by atoms with Crippen molar-refractivity contribution in [2.75, 3.05) is 24.5 Å². The average Bonchev–Trinajstić information content (AvgIpc) is 2.91. The molecule has 0 spiro atoms. The molecule has 0 aliphatic carbocycles. The molecule has 7 heteroatoms. The number of hydrogen-bond acceptors (Lipinski definition) is 5. The monoisotopic (exact) mass is 497 g/mol. The van der Waals surface area contributed by atoms with E-state index in [1.165, 1.54) is 11.6 Å². The molecule has 1 aliphatic rings. The first kappa shape index (κ1) is 24.1. The molecule has 6 nitrogen and oxygen atoms in total. The maximum atomic E-state index is 12.6. The summed E-state index contributed by atoms with van der Waals surface area (Å²) >= 11 is 6.07. The number of fused-ring (bicyclic) bond motifs is 1. The summed E-state index contributed by atoms with van der Waals surface area (Å²) in [6.07, 6.45) is 4.87. The van der Waals surface area contributed by atoms with E-state index in [2.05, 4.69) is 57.4 Å². The summed E-state index contributed by atoms with van der Waals surface area (Å²) in [5, 5.41) is 5.07. The molecule has 0 atom stereocenters. The molecular formula is C29H28ClN5O. The second kappa shape index (κ2) is 10.9. The van der Waals surface area contributed by atoms with E-state index in [1.807, 2.05) is 12.1 Å². The molecule has 0 saturated carbocycles. The summed E-state index contributed by atoms with van der Waals surface area (Å²) in [7, 11) is 1.73. The molecule has 1 fully saturated rings. The van der Waals surface area contributed by atoms with Gasteiger partial charge in [0.15, 0.2) is 0 Å². The molecule has 1 saturated heterocycles. The lowest BCUT2D eigenvalue weighted by Gasteiger charge is -2.32. The van der Waals surface area contributed by atoms with Gasteiger partial charge >= 0.3 is 0 Å². The number of aryl methyl sites for hydroxylation is 1. The topological polar surface area (TPSA) is 63.1 Å². The summed E-state index contributed by atoms with van der Waals surface area (Å²) in [5.74, 6) is 6.86. The molecule has 0 amide bonds. The van der Waals surface area contributed by atoms with Gasteiger partial charge in [-0.05, 0) is 49.6 Å². The van der Waals surface area contributed by atoms with E-state index in [0.29, 0.717) is 28.2 Å². The fraction of sp³-hybridized carbons (Fsp3) is 0.276. The van der Waals surface area contributed by atoms with Crippen molar-refractivity contribution in [2.45, 2.75) is 25.3 Å². The van der Waals surface area contributed by atoms with Crippen molar-refractivity contribution >= 4 is 28.6 Å². The SMILES string of the molecule is Cn1c(=O)cc(C#Cc2cccc(Cl)c2)c2cnc(N3CCC(NCCc4ccccc4)CC3)nc21. The van der Waals surface area contributed by atoms with Gasteiger partial charge < -0.3 is 10.2 Å². The number of piperidine rings is 1. The highest BCUT2D eigenvalue weighted by Gasteiger charge is 2.21. The first-order valence-electron chi connectivity index (χ1n) is 12.2. The maximum Gasteiger partial charge on any atom is 0.253 e.